The molecule has 1 aromatic heterocycles. The molecule has 2 heterocycles. The van der Waals surface area contributed by atoms with Gasteiger partial charge in [0.2, 0.25) is 11.8 Å². The number of aromatic nitrogens is 3. The molecular formula is C17H21F2N5O3. The van der Waals surface area contributed by atoms with Gasteiger partial charge in [-0.1, -0.05) is 19.1 Å². The van der Waals surface area contributed by atoms with Crippen LogP contribution in [0.15, 0.2) is 12.1 Å². The molecule has 1 saturated heterocycles. The Morgan fingerprint density at radius 2 is 1.96 bits per heavy atom. The van der Waals surface area contributed by atoms with Crippen molar-refractivity contribution >= 4 is 22.8 Å². The lowest BCUT2D eigenvalue weighted by molar-refractivity contribution is -0.142. The highest BCUT2D eigenvalue weighted by Gasteiger charge is 2.42. The summed E-state index contributed by atoms with van der Waals surface area (Å²) in [4.78, 5) is 26.6. The summed E-state index contributed by atoms with van der Waals surface area (Å²) >= 11 is 0. The summed E-state index contributed by atoms with van der Waals surface area (Å²) in [6.45, 7) is 3.56. The fourth-order valence-corrected chi connectivity index (χ4v) is 3.45. The van der Waals surface area contributed by atoms with E-state index in [1.165, 1.54) is 16.6 Å². The molecule has 0 saturated carbocycles. The Morgan fingerprint density at radius 3 is 2.59 bits per heavy atom. The number of hydrogen-bond acceptors (Lipinski definition) is 5. The number of likely N-dealkylation sites (N-methyl/N-ethyl adjacent to an activating group) is 1. The quantitative estimate of drug-likeness (QED) is 0.809. The minimum atomic E-state index is -1.07. The van der Waals surface area contributed by atoms with Gasteiger partial charge in [0.25, 0.3) is 0 Å². The number of amides is 2. The van der Waals surface area contributed by atoms with Gasteiger partial charge in [-0.05, 0) is 5.92 Å². The number of carbonyl (C=O) groups is 2. The van der Waals surface area contributed by atoms with Crippen molar-refractivity contribution in [3.63, 3.8) is 0 Å². The van der Waals surface area contributed by atoms with E-state index in [0.717, 1.165) is 12.1 Å². The molecule has 1 fully saturated rings. The van der Waals surface area contributed by atoms with Gasteiger partial charge in [0, 0.05) is 32.1 Å². The van der Waals surface area contributed by atoms with Crippen molar-refractivity contribution in [2.24, 2.45) is 5.92 Å². The SMILES string of the molecule is CNC(=O)C1CC(O)CN1C(=O)C(C(C)C)n1nnc2cc(F)c(F)cc21. The Bertz CT molecular complexity index is 885. The van der Waals surface area contributed by atoms with Crippen LogP contribution in [0.2, 0.25) is 0 Å². The lowest BCUT2D eigenvalue weighted by Gasteiger charge is -2.29. The smallest absolute Gasteiger partial charge is 0.248 e. The number of benzene rings is 1. The molecule has 0 radical (unpaired) electrons. The van der Waals surface area contributed by atoms with E-state index in [-0.39, 0.29) is 35.8 Å². The first-order chi connectivity index (χ1) is 12.7. The summed E-state index contributed by atoms with van der Waals surface area (Å²) in [5.74, 6) is -3.21. The normalized spacial score (nSPS) is 21.1. The number of β-amino-alcohol motifs (C(OH)–C–C–N with tert-alkyl or cyclic N) is 1. The Labute approximate surface area is 154 Å². The van der Waals surface area contributed by atoms with Gasteiger partial charge in [-0.15, -0.1) is 5.10 Å². The number of nitrogens with one attached hydrogen (secondary N) is 1. The van der Waals surface area contributed by atoms with Gasteiger partial charge < -0.3 is 15.3 Å². The summed E-state index contributed by atoms with van der Waals surface area (Å²) in [6, 6.07) is 0.172. The Balaban J connectivity index is 2.02. The zero-order valence-corrected chi connectivity index (χ0v) is 15.2. The van der Waals surface area contributed by atoms with Gasteiger partial charge >= 0.3 is 0 Å². The Morgan fingerprint density at radius 1 is 1.30 bits per heavy atom. The molecule has 8 nitrogen and oxygen atoms in total. The number of fused-ring (bicyclic) bond motifs is 1. The van der Waals surface area contributed by atoms with E-state index in [0.29, 0.717) is 0 Å². The van der Waals surface area contributed by atoms with Gasteiger partial charge in [-0.2, -0.15) is 0 Å². The third-order valence-corrected chi connectivity index (χ3v) is 4.77. The molecule has 3 unspecified atom stereocenters. The Kier molecular flexibility index (Phi) is 5.09. The number of nitrogens with zero attached hydrogens (tertiary/aromatic N) is 4. The molecule has 2 amide bonds. The molecule has 1 aliphatic heterocycles. The van der Waals surface area contributed by atoms with Crippen LogP contribution in [-0.2, 0) is 9.59 Å². The average Bonchev–Trinajstić information content (AvgIpc) is 3.18. The molecule has 146 valence electrons. The van der Waals surface area contributed by atoms with Gasteiger partial charge in [-0.3, -0.25) is 9.59 Å². The summed E-state index contributed by atoms with van der Waals surface area (Å²) in [5.41, 5.74) is 0.300. The number of hydrogen-bond donors (Lipinski definition) is 2. The molecule has 3 atom stereocenters. The molecule has 2 aromatic rings. The molecule has 1 aromatic carbocycles. The average molecular weight is 381 g/mol. The van der Waals surface area contributed by atoms with Crippen LogP contribution in [-0.4, -0.2) is 62.6 Å². The fourth-order valence-electron chi connectivity index (χ4n) is 3.45. The van der Waals surface area contributed by atoms with Crippen molar-refractivity contribution in [2.75, 3.05) is 13.6 Å². The van der Waals surface area contributed by atoms with Gasteiger partial charge in [0.15, 0.2) is 11.6 Å². The first-order valence-corrected chi connectivity index (χ1v) is 8.64. The van der Waals surface area contributed by atoms with E-state index in [1.54, 1.807) is 13.8 Å². The Hall–Kier alpha value is -2.62. The molecule has 3 rings (SSSR count). The lowest BCUT2D eigenvalue weighted by Crippen LogP contribution is -2.48. The molecule has 0 spiro atoms. The van der Waals surface area contributed by atoms with Gasteiger partial charge in [0.1, 0.15) is 17.6 Å². The second-order valence-electron chi connectivity index (χ2n) is 6.99. The highest BCUT2D eigenvalue weighted by molar-refractivity contribution is 5.90. The summed E-state index contributed by atoms with van der Waals surface area (Å²) < 4.78 is 28.4. The largest absolute Gasteiger partial charge is 0.391 e. The molecular weight excluding hydrogens is 360 g/mol. The highest BCUT2D eigenvalue weighted by atomic mass is 19.2. The van der Waals surface area contributed by atoms with Gasteiger partial charge in [-0.25, -0.2) is 13.5 Å². The van der Waals surface area contributed by atoms with E-state index >= 15 is 0 Å². The first-order valence-electron chi connectivity index (χ1n) is 8.64. The molecule has 10 heteroatoms. The van der Waals surface area contributed by atoms with Crippen molar-refractivity contribution in [3.8, 4) is 0 Å². The second kappa shape index (κ2) is 7.18. The maximum absolute atomic E-state index is 13.7. The van der Waals surface area contributed by atoms with E-state index in [9.17, 15) is 23.5 Å². The minimum absolute atomic E-state index is 0.00968. The number of aliphatic hydroxyl groups excluding tert-OH is 1. The van der Waals surface area contributed by atoms with Crippen LogP contribution >= 0.6 is 0 Å². The second-order valence-corrected chi connectivity index (χ2v) is 6.99. The van der Waals surface area contributed by atoms with Crippen LogP contribution in [0.3, 0.4) is 0 Å². The predicted molar refractivity (Wildman–Crippen MR) is 91.5 cm³/mol. The number of rotatable bonds is 4. The third-order valence-electron chi connectivity index (χ3n) is 4.77. The van der Waals surface area contributed by atoms with E-state index in [4.69, 9.17) is 0 Å². The van der Waals surface area contributed by atoms with Crippen LogP contribution < -0.4 is 5.32 Å². The molecule has 1 aliphatic rings. The zero-order valence-electron chi connectivity index (χ0n) is 15.2. The number of aliphatic hydroxyl groups is 1. The standard InChI is InChI=1S/C17H21F2N5O3/c1-8(2)15(17(27)23-7-9(25)4-14(23)16(26)20-3)24-13-6-11(19)10(18)5-12(13)21-22-24/h5-6,8-9,14-15,25H,4,7H2,1-3H3,(H,20,26). The van der Waals surface area contributed by atoms with E-state index < -0.39 is 35.7 Å². The predicted octanol–water partition coefficient (Wildman–Crippen LogP) is 0.614. The van der Waals surface area contributed by atoms with Crippen LogP contribution in [0.25, 0.3) is 11.0 Å². The molecule has 27 heavy (non-hydrogen) atoms. The third kappa shape index (κ3) is 3.36. The molecule has 0 bridgehead atoms. The van der Waals surface area contributed by atoms with Crippen LogP contribution in [0, 0.1) is 17.6 Å². The van der Waals surface area contributed by atoms with Crippen molar-refractivity contribution < 1.29 is 23.5 Å². The van der Waals surface area contributed by atoms with Crippen LogP contribution in [0.4, 0.5) is 8.78 Å². The van der Waals surface area contributed by atoms with Crippen molar-refractivity contribution in [1.82, 2.24) is 25.2 Å². The summed E-state index contributed by atoms with van der Waals surface area (Å²) in [5, 5.41) is 20.2. The lowest BCUT2D eigenvalue weighted by atomic mass is 10.0. The maximum atomic E-state index is 13.7. The van der Waals surface area contributed by atoms with E-state index in [2.05, 4.69) is 15.6 Å². The van der Waals surface area contributed by atoms with E-state index in [1.807, 2.05) is 0 Å². The summed E-state index contributed by atoms with van der Waals surface area (Å²) in [6.07, 6.45) is -0.683. The van der Waals surface area contributed by atoms with Crippen molar-refractivity contribution in [3.05, 3.63) is 23.8 Å². The molecule has 2 N–H and O–H groups in total. The fraction of sp³-hybridized carbons (Fsp3) is 0.529. The van der Waals surface area contributed by atoms with Gasteiger partial charge in [0.05, 0.1) is 11.6 Å². The first kappa shape index (κ1) is 19.2. The maximum Gasteiger partial charge on any atom is 0.248 e. The van der Waals surface area contributed by atoms with Crippen molar-refractivity contribution in [2.45, 2.75) is 38.5 Å². The summed E-state index contributed by atoms with van der Waals surface area (Å²) in [7, 11) is 1.46. The minimum Gasteiger partial charge on any atom is -0.391 e. The topological polar surface area (TPSA) is 100 Å². The van der Waals surface area contributed by atoms with Crippen LogP contribution in [0.1, 0.15) is 26.3 Å². The van der Waals surface area contributed by atoms with Crippen molar-refractivity contribution in [1.29, 1.82) is 0 Å². The number of halogens is 2. The highest BCUT2D eigenvalue weighted by Crippen LogP contribution is 2.29. The number of likely N-dealkylation sites (tertiary alicyclic amines) is 1. The number of carbonyl (C=O) groups excluding carboxylic acids is 2. The zero-order chi connectivity index (χ0) is 19.9. The molecule has 0 aliphatic carbocycles. The monoisotopic (exact) mass is 381 g/mol. The van der Waals surface area contributed by atoms with Crippen LogP contribution in [0.5, 0.6) is 0 Å².